The normalized spacial score (nSPS) is 10.4. The van der Waals surface area contributed by atoms with Crippen molar-refractivity contribution in [2.45, 2.75) is 24.8 Å². The van der Waals surface area contributed by atoms with Crippen molar-refractivity contribution in [1.82, 2.24) is 20.8 Å². The number of thioether (sulfide) groups is 1. The molecule has 0 radical (unpaired) electrons. The molecule has 2 N–H and O–H groups in total. The molecule has 0 unspecified atom stereocenters. The lowest BCUT2D eigenvalue weighted by Crippen LogP contribution is -2.41. The standard InChI is InChI=1S/C21H19FN4O2S/c1-13-11-14(2)24-21(23-13)29-12-15-3-5-16(6-4-15)19(27)25-26-20(28)17-7-9-18(22)10-8-17/h3-11H,12H2,1-2H3,(H,25,27)(H,26,28). The number of carbonyl (C=O) groups is 2. The number of benzene rings is 2. The number of halogens is 1. The molecule has 3 aromatic rings. The molecule has 0 fully saturated rings. The first-order valence-corrected chi connectivity index (χ1v) is 9.79. The molecule has 2 amide bonds. The van der Waals surface area contributed by atoms with Crippen LogP contribution in [-0.4, -0.2) is 21.8 Å². The second-order valence-corrected chi connectivity index (χ2v) is 7.28. The zero-order valence-corrected chi connectivity index (χ0v) is 16.7. The molecule has 0 saturated carbocycles. The molecule has 3 rings (SSSR count). The van der Waals surface area contributed by atoms with Crippen LogP contribution in [0.2, 0.25) is 0 Å². The molecule has 0 spiro atoms. The van der Waals surface area contributed by atoms with Gasteiger partial charge in [0, 0.05) is 28.3 Å². The van der Waals surface area contributed by atoms with Gasteiger partial charge in [-0.25, -0.2) is 14.4 Å². The summed E-state index contributed by atoms with van der Waals surface area (Å²) in [7, 11) is 0. The van der Waals surface area contributed by atoms with Gasteiger partial charge in [0.2, 0.25) is 0 Å². The highest BCUT2D eigenvalue weighted by Gasteiger charge is 2.10. The van der Waals surface area contributed by atoms with E-state index in [1.165, 1.54) is 36.0 Å². The van der Waals surface area contributed by atoms with Crippen LogP contribution in [0.3, 0.4) is 0 Å². The van der Waals surface area contributed by atoms with E-state index >= 15 is 0 Å². The van der Waals surface area contributed by atoms with Gasteiger partial charge in [-0.15, -0.1) is 0 Å². The van der Waals surface area contributed by atoms with Gasteiger partial charge in [0.05, 0.1) is 0 Å². The molecule has 6 nitrogen and oxygen atoms in total. The number of aromatic nitrogens is 2. The van der Waals surface area contributed by atoms with Crippen molar-refractivity contribution in [2.75, 3.05) is 0 Å². The molecule has 1 heterocycles. The highest BCUT2D eigenvalue weighted by atomic mass is 32.2. The van der Waals surface area contributed by atoms with Crippen molar-refractivity contribution in [1.29, 1.82) is 0 Å². The van der Waals surface area contributed by atoms with Crippen LogP contribution in [0.1, 0.15) is 37.7 Å². The van der Waals surface area contributed by atoms with E-state index in [1.807, 2.05) is 32.0 Å². The van der Waals surface area contributed by atoms with Crippen LogP contribution in [0.25, 0.3) is 0 Å². The smallest absolute Gasteiger partial charge is 0.267 e. The molecule has 0 aliphatic rings. The van der Waals surface area contributed by atoms with E-state index in [-0.39, 0.29) is 5.56 Å². The average Bonchev–Trinajstić information content (AvgIpc) is 2.70. The third-order valence-corrected chi connectivity index (χ3v) is 4.86. The highest BCUT2D eigenvalue weighted by Crippen LogP contribution is 2.20. The van der Waals surface area contributed by atoms with Crippen molar-refractivity contribution in [3.8, 4) is 0 Å². The summed E-state index contributed by atoms with van der Waals surface area (Å²) in [6.07, 6.45) is 0. The molecule has 0 atom stereocenters. The first kappa shape index (κ1) is 20.5. The summed E-state index contributed by atoms with van der Waals surface area (Å²) in [5.41, 5.74) is 8.17. The minimum atomic E-state index is -0.528. The summed E-state index contributed by atoms with van der Waals surface area (Å²) in [5.74, 6) is -0.739. The SMILES string of the molecule is Cc1cc(C)nc(SCc2ccc(C(=O)NNC(=O)c3ccc(F)cc3)cc2)n1. The fourth-order valence-electron chi connectivity index (χ4n) is 2.52. The molecule has 0 saturated heterocycles. The van der Waals surface area contributed by atoms with Gasteiger partial charge in [-0.3, -0.25) is 20.4 Å². The second kappa shape index (κ2) is 9.29. The van der Waals surface area contributed by atoms with Gasteiger partial charge in [-0.05, 0) is 61.9 Å². The highest BCUT2D eigenvalue weighted by molar-refractivity contribution is 7.98. The van der Waals surface area contributed by atoms with E-state index in [1.54, 1.807) is 12.1 Å². The Kier molecular flexibility index (Phi) is 6.56. The summed E-state index contributed by atoms with van der Waals surface area (Å²) in [6, 6.07) is 14.0. The van der Waals surface area contributed by atoms with E-state index in [0.29, 0.717) is 16.5 Å². The van der Waals surface area contributed by atoms with Gasteiger partial charge in [-0.2, -0.15) is 0 Å². The zero-order chi connectivity index (χ0) is 20.8. The topological polar surface area (TPSA) is 84.0 Å². The summed E-state index contributed by atoms with van der Waals surface area (Å²) in [4.78, 5) is 32.9. The lowest BCUT2D eigenvalue weighted by atomic mass is 10.1. The number of carbonyl (C=O) groups excluding carboxylic acids is 2. The predicted molar refractivity (Wildman–Crippen MR) is 109 cm³/mol. The zero-order valence-electron chi connectivity index (χ0n) is 15.9. The summed E-state index contributed by atoms with van der Waals surface area (Å²) >= 11 is 1.52. The minimum absolute atomic E-state index is 0.243. The van der Waals surface area contributed by atoms with Gasteiger partial charge in [0.25, 0.3) is 11.8 Å². The van der Waals surface area contributed by atoms with Crippen LogP contribution in [-0.2, 0) is 5.75 Å². The lowest BCUT2D eigenvalue weighted by molar-refractivity contribution is 0.0846. The fraction of sp³-hybridized carbons (Fsp3) is 0.143. The van der Waals surface area contributed by atoms with Crippen LogP contribution < -0.4 is 10.9 Å². The van der Waals surface area contributed by atoms with Crippen LogP contribution >= 0.6 is 11.8 Å². The van der Waals surface area contributed by atoms with Crippen LogP contribution in [0.15, 0.2) is 59.8 Å². The summed E-state index contributed by atoms with van der Waals surface area (Å²) in [5, 5.41) is 0.716. The largest absolute Gasteiger partial charge is 0.269 e. The maximum Gasteiger partial charge on any atom is 0.269 e. The van der Waals surface area contributed by atoms with Crippen molar-refractivity contribution >= 4 is 23.6 Å². The van der Waals surface area contributed by atoms with Crippen LogP contribution in [0.5, 0.6) is 0 Å². The lowest BCUT2D eigenvalue weighted by Gasteiger charge is -2.08. The molecule has 0 aliphatic carbocycles. The second-order valence-electron chi connectivity index (χ2n) is 6.33. The predicted octanol–water partition coefficient (Wildman–Crippen LogP) is 3.60. The third kappa shape index (κ3) is 5.86. The third-order valence-electron chi connectivity index (χ3n) is 3.94. The molecular formula is C21H19FN4O2S. The Bertz CT molecular complexity index is 1000. The molecule has 148 valence electrons. The fourth-order valence-corrected chi connectivity index (χ4v) is 3.42. The molecule has 0 aliphatic heterocycles. The number of amides is 2. The Morgan fingerprint density at radius 3 is 1.86 bits per heavy atom. The average molecular weight is 410 g/mol. The summed E-state index contributed by atoms with van der Waals surface area (Å²) < 4.78 is 12.9. The Morgan fingerprint density at radius 2 is 1.34 bits per heavy atom. The van der Waals surface area contributed by atoms with E-state index in [2.05, 4.69) is 20.8 Å². The van der Waals surface area contributed by atoms with E-state index < -0.39 is 17.6 Å². The molecule has 0 bridgehead atoms. The number of rotatable bonds is 5. The Balaban J connectivity index is 1.53. The van der Waals surface area contributed by atoms with E-state index in [9.17, 15) is 14.0 Å². The quantitative estimate of drug-likeness (QED) is 0.381. The molecule has 2 aromatic carbocycles. The number of aryl methyl sites for hydroxylation is 2. The van der Waals surface area contributed by atoms with Gasteiger partial charge < -0.3 is 0 Å². The van der Waals surface area contributed by atoms with Gasteiger partial charge in [0.1, 0.15) is 5.82 Å². The van der Waals surface area contributed by atoms with Crippen LogP contribution in [0.4, 0.5) is 4.39 Å². The Hall–Kier alpha value is -3.26. The molecular weight excluding hydrogens is 391 g/mol. The van der Waals surface area contributed by atoms with Crippen LogP contribution in [0, 0.1) is 19.7 Å². The monoisotopic (exact) mass is 410 g/mol. The number of hydrazine groups is 1. The molecule has 29 heavy (non-hydrogen) atoms. The molecule has 8 heteroatoms. The maximum absolute atomic E-state index is 12.9. The first-order chi connectivity index (χ1) is 13.9. The van der Waals surface area contributed by atoms with Crippen molar-refractivity contribution in [2.24, 2.45) is 0 Å². The van der Waals surface area contributed by atoms with Gasteiger partial charge in [0.15, 0.2) is 5.16 Å². The van der Waals surface area contributed by atoms with Crippen molar-refractivity contribution in [3.63, 3.8) is 0 Å². The van der Waals surface area contributed by atoms with Gasteiger partial charge in [-0.1, -0.05) is 23.9 Å². The number of hydrogen-bond acceptors (Lipinski definition) is 5. The summed E-state index contributed by atoms with van der Waals surface area (Å²) in [6.45, 7) is 3.86. The van der Waals surface area contributed by atoms with E-state index in [0.717, 1.165) is 17.0 Å². The van der Waals surface area contributed by atoms with Crippen molar-refractivity contribution in [3.05, 3.63) is 88.5 Å². The minimum Gasteiger partial charge on any atom is -0.267 e. The number of hydrogen-bond donors (Lipinski definition) is 2. The van der Waals surface area contributed by atoms with E-state index in [4.69, 9.17) is 0 Å². The molecule has 1 aromatic heterocycles. The van der Waals surface area contributed by atoms with Crippen molar-refractivity contribution < 1.29 is 14.0 Å². The number of nitrogens with one attached hydrogen (secondary N) is 2. The van der Waals surface area contributed by atoms with Gasteiger partial charge >= 0.3 is 0 Å². The Morgan fingerprint density at radius 1 is 0.862 bits per heavy atom. The first-order valence-electron chi connectivity index (χ1n) is 8.81. The maximum atomic E-state index is 12.9. The number of nitrogens with zero attached hydrogens (tertiary/aromatic N) is 2. The Labute approximate surface area is 171 Å².